The first-order valence-electron chi connectivity index (χ1n) is 3.67. The van der Waals surface area contributed by atoms with Gasteiger partial charge in [-0.25, -0.2) is 4.79 Å². The Morgan fingerprint density at radius 1 is 1.50 bits per heavy atom. The summed E-state index contributed by atoms with van der Waals surface area (Å²) in [5.74, 6) is -0.214. The molecule has 0 bridgehead atoms. The van der Waals surface area contributed by atoms with Crippen molar-refractivity contribution in [2.45, 2.75) is 13.0 Å². The van der Waals surface area contributed by atoms with Gasteiger partial charge in [-0.1, -0.05) is 0 Å². The lowest BCUT2D eigenvalue weighted by molar-refractivity contribution is -0.153. The molecule has 0 aromatic heterocycles. The molecular weight excluding hydrogens is 184 g/mol. The maximum atomic E-state index is 10.6. The van der Waals surface area contributed by atoms with Crippen LogP contribution in [0.15, 0.2) is 0 Å². The van der Waals surface area contributed by atoms with E-state index in [1.54, 1.807) is 0 Å². The summed E-state index contributed by atoms with van der Waals surface area (Å²) < 4.78 is 9.52. The summed E-state index contributed by atoms with van der Waals surface area (Å²) in [4.78, 5) is 10.6. The lowest BCUT2D eigenvalue weighted by atomic mass is 10.4. The summed E-state index contributed by atoms with van der Waals surface area (Å²) in [6, 6.07) is 0. The third-order valence-corrected chi connectivity index (χ3v) is 1.19. The first-order chi connectivity index (χ1) is 5.68. The van der Waals surface area contributed by atoms with Crippen molar-refractivity contribution in [3.8, 4) is 0 Å². The van der Waals surface area contributed by atoms with Gasteiger partial charge >= 0.3 is 5.97 Å². The van der Waals surface area contributed by atoms with Crippen molar-refractivity contribution in [3.05, 3.63) is 0 Å². The van der Waals surface area contributed by atoms with Gasteiger partial charge in [-0.3, -0.25) is 0 Å². The molecule has 0 aliphatic carbocycles. The lowest BCUT2D eigenvalue weighted by Crippen LogP contribution is -2.21. The number of hydrogen-bond donors (Lipinski definition) is 1. The van der Waals surface area contributed by atoms with Gasteiger partial charge in [0.15, 0.2) is 0 Å². The van der Waals surface area contributed by atoms with E-state index in [4.69, 9.17) is 21.4 Å². The van der Waals surface area contributed by atoms with Gasteiger partial charge in [0.2, 0.25) is 0 Å². The number of hydrogen-bond acceptors (Lipinski definition) is 4. The number of aliphatic hydroxyl groups excluding tert-OH is 1. The Morgan fingerprint density at radius 3 is 2.67 bits per heavy atom. The van der Waals surface area contributed by atoms with Crippen molar-refractivity contribution in [1.82, 2.24) is 0 Å². The number of carbonyl (C=O) groups excluding carboxylic acids is 1. The Kier molecular flexibility index (Phi) is 7.14. The van der Waals surface area contributed by atoms with Gasteiger partial charge in [-0.15, -0.1) is 11.6 Å². The molecule has 0 aliphatic heterocycles. The largest absolute Gasteiger partial charge is 0.461 e. The van der Waals surface area contributed by atoms with E-state index >= 15 is 0 Å². The van der Waals surface area contributed by atoms with Gasteiger partial charge in [0.25, 0.3) is 0 Å². The SMILES string of the molecule is CC(O)C(=O)OCCOCCCl. The van der Waals surface area contributed by atoms with Crippen LogP contribution < -0.4 is 0 Å². The zero-order valence-electron chi connectivity index (χ0n) is 6.96. The number of rotatable bonds is 6. The molecule has 0 aromatic carbocycles. The van der Waals surface area contributed by atoms with Crippen LogP contribution in [0, 0.1) is 0 Å². The van der Waals surface area contributed by atoms with Crippen LogP contribution in [0.5, 0.6) is 0 Å². The highest BCUT2D eigenvalue weighted by Crippen LogP contribution is 1.87. The molecule has 0 saturated heterocycles. The molecule has 0 aromatic rings. The number of ether oxygens (including phenoxy) is 2. The second-order valence-electron chi connectivity index (χ2n) is 2.14. The van der Waals surface area contributed by atoms with E-state index in [0.29, 0.717) is 19.1 Å². The van der Waals surface area contributed by atoms with Gasteiger partial charge < -0.3 is 14.6 Å². The quantitative estimate of drug-likeness (QED) is 0.374. The Morgan fingerprint density at radius 2 is 2.17 bits per heavy atom. The maximum Gasteiger partial charge on any atom is 0.334 e. The van der Waals surface area contributed by atoms with E-state index in [9.17, 15) is 4.79 Å². The first kappa shape index (κ1) is 11.7. The summed E-state index contributed by atoms with van der Waals surface area (Å²) >= 11 is 5.32. The van der Waals surface area contributed by atoms with Gasteiger partial charge in [0.05, 0.1) is 13.2 Å². The molecule has 0 amide bonds. The van der Waals surface area contributed by atoms with Crippen LogP contribution in [-0.2, 0) is 14.3 Å². The third kappa shape index (κ3) is 6.39. The molecule has 0 rings (SSSR count). The first-order valence-corrected chi connectivity index (χ1v) is 4.20. The predicted molar refractivity (Wildman–Crippen MR) is 44.2 cm³/mol. The smallest absolute Gasteiger partial charge is 0.334 e. The highest BCUT2D eigenvalue weighted by atomic mass is 35.5. The molecule has 5 heteroatoms. The minimum absolute atomic E-state index is 0.153. The number of aliphatic hydroxyl groups is 1. The molecule has 1 atom stereocenters. The van der Waals surface area contributed by atoms with Gasteiger partial charge in [-0.05, 0) is 6.92 Å². The van der Waals surface area contributed by atoms with E-state index in [1.807, 2.05) is 0 Å². The van der Waals surface area contributed by atoms with E-state index in [-0.39, 0.29) is 6.61 Å². The molecule has 0 aliphatic rings. The van der Waals surface area contributed by atoms with E-state index < -0.39 is 12.1 Å². The fraction of sp³-hybridized carbons (Fsp3) is 0.857. The van der Waals surface area contributed by atoms with Crippen LogP contribution in [0.1, 0.15) is 6.92 Å². The van der Waals surface area contributed by atoms with Crippen molar-refractivity contribution >= 4 is 17.6 Å². The van der Waals surface area contributed by atoms with E-state index in [0.717, 1.165) is 0 Å². The Balaban J connectivity index is 3.14. The fourth-order valence-electron chi connectivity index (χ4n) is 0.478. The standard InChI is InChI=1S/C7H13ClO4/c1-6(9)7(10)12-5-4-11-3-2-8/h6,9H,2-5H2,1H3. The molecule has 1 unspecified atom stereocenters. The molecule has 0 fully saturated rings. The second-order valence-corrected chi connectivity index (χ2v) is 2.52. The topological polar surface area (TPSA) is 55.8 Å². The maximum absolute atomic E-state index is 10.6. The molecule has 4 nitrogen and oxygen atoms in total. The summed E-state index contributed by atoms with van der Waals surface area (Å²) in [5, 5.41) is 8.69. The van der Waals surface area contributed by atoms with Crippen molar-refractivity contribution in [2.24, 2.45) is 0 Å². The lowest BCUT2D eigenvalue weighted by Gasteiger charge is -2.05. The second kappa shape index (κ2) is 7.34. The normalized spacial score (nSPS) is 12.6. The number of alkyl halides is 1. The van der Waals surface area contributed by atoms with Crippen LogP contribution in [-0.4, -0.2) is 42.9 Å². The highest BCUT2D eigenvalue weighted by molar-refractivity contribution is 6.17. The van der Waals surface area contributed by atoms with Crippen LogP contribution >= 0.6 is 11.6 Å². The molecule has 12 heavy (non-hydrogen) atoms. The molecular formula is C7H13ClO4. The van der Waals surface area contributed by atoms with Crippen molar-refractivity contribution < 1.29 is 19.4 Å². The van der Waals surface area contributed by atoms with Crippen molar-refractivity contribution in [3.63, 3.8) is 0 Å². The third-order valence-electron chi connectivity index (χ3n) is 1.03. The van der Waals surface area contributed by atoms with Crippen LogP contribution in [0.3, 0.4) is 0 Å². The van der Waals surface area contributed by atoms with Crippen molar-refractivity contribution in [1.29, 1.82) is 0 Å². The summed E-state index contributed by atoms with van der Waals surface area (Å²) in [5.41, 5.74) is 0. The minimum Gasteiger partial charge on any atom is -0.461 e. The number of esters is 1. The molecule has 1 N–H and O–H groups in total. The molecule has 0 spiro atoms. The fourth-order valence-corrected chi connectivity index (χ4v) is 0.588. The Bertz CT molecular complexity index is 127. The summed E-state index contributed by atoms with van der Waals surface area (Å²) in [6.45, 7) is 2.25. The average Bonchev–Trinajstić information content (AvgIpc) is 2.03. The summed E-state index contributed by atoms with van der Waals surface area (Å²) in [6.07, 6.45) is -1.07. The molecule has 0 heterocycles. The molecule has 0 saturated carbocycles. The predicted octanol–water partition coefficient (Wildman–Crippen LogP) is 0.166. The Labute approximate surface area is 76.4 Å². The Hall–Kier alpha value is -0.320. The zero-order valence-corrected chi connectivity index (χ0v) is 7.71. The summed E-state index contributed by atoms with van der Waals surface area (Å²) in [7, 11) is 0. The molecule has 72 valence electrons. The van der Waals surface area contributed by atoms with E-state index in [2.05, 4.69) is 4.74 Å². The average molecular weight is 197 g/mol. The van der Waals surface area contributed by atoms with Crippen molar-refractivity contribution in [2.75, 3.05) is 25.7 Å². The number of carbonyl (C=O) groups is 1. The number of halogens is 1. The van der Waals surface area contributed by atoms with Gasteiger partial charge in [0.1, 0.15) is 12.7 Å². The van der Waals surface area contributed by atoms with Crippen LogP contribution in [0.2, 0.25) is 0 Å². The monoisotopic (exact) mass is 196 g/mol. The van der Waals surface area contributed by atoms with Gasteiger partial charge in [-0.2, -0.15) is 0 Å². The zero-order chi connectivity index (χ0) is 9.40. The van der Waals surface area contributed by atoms with Crippen LogP contribution in [0.4, 0.5) is 0 Å². The highest BCUT2D eigenvalue weighted by Gasteiger charge is 2.08. The van der Waals surface area contributed by atoms with E-state index in [1.165, 1.54) is 6.92 Å². The molecule has 0 radical (unpaired) electrons. The van der Waals surface area contributed by atoms with Crippen LogP contribution in [0.25, 0.3) is 0 Å². The van der Waals surface area contributed by atoms with Gasteiger partial charge in [0, 0.05) is 5.88 Å². The minimum atomic E-state index is -1.07.